The molecule has 0 aliphatic rings. The van der Waals surface area contributed by atoms with Gasteiger partial charge in [-0.1, -0.05) is 81.5 Å². The number of amides is 2. The largest absolute Gasteiger partial charge is 0.493 e. The molecule has 2 amide bonds. The third-order valence-electron chi connectivity index (χ3n) is 5.90. The summed E-state index contributed by atoms with van der Waals surface area (Å²) < 4.78 is 10.7. The number of ether oxygens (including phenoxy) is 2. The van der Waals surface area contributed by atoms with Crippen molar-refractivity contribution < 1.29 is 23.9 Å². The normalized spacial score (nSPS) is 10.9. The van der Waals surface area contributed by atoms with Gasteiger partial charge in [0.2, 0.25) is 5.91 Å². The number of hydrogen-bond donors (Lipinski definition) is 2. The summed E-state index contributed by atoms with van der Waals surface area (Å²) >= 11 is 11.9. The Balaban J connectivity index is 1.71. The summed E-state index contributed by atoms with van der Waals surface area (Å²) in [7, 11) is 1.43. The topological polar surface area (TPSA) is 106 Å². The van der Waals surface area contributed by atoms with Crippen molar-refractivity contribution in [1.82, 2.24) is 10.7 Å². The van der Waals surface area contributed by atoms with Gasteiger partial charge in [0.1, 0.15) is 0 Å². The summed E-state index contributed by atoms with van der Waals surface area (Å²) in [5, 5.41) is 7.09. The molecule has 2 rings (SSSR count). The molecule has 0 unspecified atom stereocenters. The highest BCUT2D eigenvalue weighted by Crippen LogP contribution is 2.30. The summed E-state index contributed by atoms with van der Waals surface area (Å²) in [6, 6.07) is 9.23. The zero-order valence-corrected chi connectivity index (χ0v) is 24.1. The van der Waals surface area contributed by atoms with E-state index in [2.05, 4.69) is 22.8 Å². The Morgan fingerprint density at radius 2 is 1.56 bits per heavy atom. The van der Waals surface area contributed by atoms with Crippen molar-refractivity contribution in [3.63, 3.8) is 0 Å². The molecule has 0 aromatic heterocycles. The molecular weight excluding hydrogens is 541 g/mol. The molecule has 0 aliphatic heterocycles. The van der Waals surface area contributed by atoms with E-state index in [1.54, 1.807) is 18.2 Å². The molecule has 0 fully saturated rings. The van der Waals surface area contributed by atoms with Gasteiger partial charge in [0.25, 0.3) is 5.91 Å². The predicted molar refractivity (Wildman–Crippen MR) is 155 cm³/mol. The number of halogens is 2. The lowest BCUT2D eigenvalue weighted by molar-refractivity contribution is -0.126. The number of esters is 1. The average Bonchev–Trinajstić information content (AvgIpc) is 2.91. The minimum Gasteiger partial charge on any atom is -0.493 e. The Kier molecular flexibility index (Phi) is 15.0. The van der Waals surface area contributed by atoms with E-state index >= 15 is 0 Å². The molecule has 2 aromatic rings. The van der Waals surface area contributed by atoms with Crippen molar-refractivity contribution in [1.29, 1.82) is 0 Å². The molecule has 8 nitrogen and oxygen atoms in total. The number of nitrogens with one attached hydrogen (secondary N) is 2. The molecule has 2 aromatic carbocycles. The van der Waals surface area contributed by atoms with Crippen LogP contribution in [0.3, 0.4) is 0 Å². The molecule has 0 aliphatic carbocycles. The van der Waals surface area contributed by atoms with Crippen molar-refractivity contribution in [2.75, 3.05) is 13.7 Å². The van der Waals surface area contributed by atoms with Gasteiger partial charge >= 0.3 is 5.97 Å². The van der Waals surface area contributed by atoms with E-state index in [-0.39, 0.29) is 34.5 Å². The number of hydrogen-bond acceptors (Lipinski definition) is 6. The lowest BCUT2D eigenvalue weighted by Crippen LogP contribution is -2.34. The second-order valence-corrected chi connectivity index (χ2v) is 9.92. The van der Waals surface area contributed by atoms with Crippen LogP contribution in [0, 0.1) is 0 Å². The maximum absolute atomic E-state index is 12.5. The standard InChI is InChI=1S/C29H37Cl2N3O5/c1-3-4-5-6-7-8-9-10-11-12-27(35)32-20-28(36)34-33-19-21-13-16-25(26(17-21)38-2)39-29(37)23-15-14-22(30)18-24(23)31/h13-19H,3-12,20H2,1-2H3,(H,32,35)(H,34,36)/b33-19-. The summed E-state index contributed by atoms with van der Waals surface area (Å²) in [5.74, 6) is -0.781. The number of nitrogens with zero attached hydrogens (tertiary/aromatic N) is 1. The monoisotopic (exact) mass is 577 g/mol. The quantitative estimate of drug-likeness (QED) is 0.0714. The SMILES string of the molecule is CCCCCCCCCCCC(=O)NCC(=O)N/N=C\c1ccc(OC(=O)c2ccc(Cl)cc2Cl)c(OC)c1. The lowest BCUT2D eigenvalue weighted by atomic mass is 10.1. The highest BCUT2D eigenvalue weighted by Gasteiger charge is 2.16. The van der Waals surface area contributed by atoms with Crippen LogP contribution in [0.4, 0.5) is 0 Å². The second kappa shape index (κ2) is 18.2. The van der Waals surface area contributed by atoms with Crippen LogP contribution < -0.4 is 20.2 Å². The molecule has 0 spiro atoms. The molecule has 212 valence electrons. The zero-order chi connectivity index (χ0) is 28.5. The number of unbranched alkanes of at least 4 members (excludes halogenated alkanes) is 8. The Morgan fingerprint density at radius 1 is 0.872 bits per heavy atom. The Labute approximate surface area is 240 Å². The van der Waals surface area contributed by atoms with Gasteiger partial charge in [0.15, 0.2) is 11.5 Å². The van der Waals surface area contributed by atoms with Gasteiger partial charge in [-0.3, -0.25) is 9.59 Å². The Bertz CT molecular complexity index is 1120. The summed E-state index contributed by atoms with van der Waals surface area (Å²) in [6.45, 7) is 2.06. The second-order valence-electron chi connectivity index (χ2n) is 9.07. The maximum atomic E-state index is 12.5. The van der Waals surface area contributed by atoms with Crippen molar-refractivity contribution in [2.45, 2.75) is 71.1 Å². The van der Waals surface area contributed by atoms with E-state index in [1.165, 1.54) is 70.0 Å². The molecule has 2 N–H and O–H groups in total. The van der Waals surface area contributed by atoms with Crippen LogP contribution in [-0.2, 0) is 9.59 Å². The molecule has 0 heterocycles. The molecule has 0 saturated carbocycles. The first-order valence-electron chi connectivity index (χ1n) is 13.3. The number of hydrazone groups is 1. The van der Waals surface area contributed by atoms with Crippen molar-refractivity contribution in [2.24, 2.45) is 5.10 Å². The smallest absolute Gasteiger partial charge is 0.345 e. The van der Waals surface area contributed by atoms with Crippen LogP contribution in [0.2, 0.25) is 10.0 Å². The molecule has 0 saturated heterocycles. The number of rotatable bonds is 17. The summed E-state index contributed by atoms with van der Waals surface area (Å²) in [5.41, 5.74) is 3.12. The van der Waals surface area contributed by atoms with Crippen LogP contribution in [0.25, 0.3) is 0 Å². The minimum absolute atomic E-state index is 0.146. The van der Waals surface area contributed by atoms with Gasteiger partial charge in [0, 0.05) is 11.4 Å². The van der Waals surface area contributed by atoms with Crippen LogP contribution in [-0.4, -0.2) is 37.7 Å². The van der Waals surface area contributed by atoms with E-state index in [0.717, 1.165) is 19.3 Å². The van der Waals surface area contributed by atoms with Crippen molar-refractivity contribution in [3.05, 3.63) is 57.6 Å². The van der Waals surface area contributed by atoms with Crippen molar-refractivity contribution in [3.8, 4) is 11.5 Å². The third kappa shape index (κ3) is 12.5. The van der Waals surface area contributed by atoms with Gasteiger partial charge in [-0.2, -0.15) is 5.10 Å². The van der Waals surface area contributed by atoms with Crippen molar-refractivity contribution >= 4 is 47.2 Å². The molecule has 0 bridgehead atoms. The van der Waals surface area contributed by atoms with Crippen LogP contribution in [0.5, 0.6) is 11.5 Å². The van der Waals surface area contributed by atoms with Gasteiger partial charge < -0.3 is 14.8 Å². The first-order chi connectivity index (χ1) is 18.8. The molecular formula is C29H37Cl2N3O5. The van der Waals surface area contributed by atoms with Gasteiger partial charge in [-0.05, 0) is 48.4 Å². The number of carbonyl (C=O) groups excluding carboxylic acids is 3. The zero-order valence-electron chi connectivity index (χ0n) is 22.6. The van der Waals surface area contributed by atoms with Gasteiger partial charge in [0.05, 0.1) is 30.5 Å². The molecule has 0 atom stereocenters. The lowest BCUT2D eigenvalue weighted by Gasteiger charge is -2.10. The maximum Gasteiger partial charge on any atom is 0.345 e. The van der Waals surface area contributed by atoms with Gasteiger partial charge in [-0.15, -0.1) is 0 Å². The van der Waals surface area contributed by atoms with E-state index in [0.29, 0.717) is 17.0 Å². The molecule has 10 heteroatoms. The predicted octanol–water partition coefficient (Wildman–Crippen LogP) is 6.71. The highest BCUT2D eigenvalue weighted by molar-refractivity contribution is 6.36. The fourth-order valence-electron chi connectivity index (χ4n) is 3.74. The van der Waals surface area contributed by atoms with Gasteiger partial charge in [-0.25, -0.2) is 10.2 Å². The first kappa shape index (κ1) is 32.1. The average molecular weight is 579 g/mol. The number of methoxy groups -OCH3 is 1. The number of benzene rings is 2. The van der Waals surface area contributed by atoms with E-state index < -0.39 is 11.9 Å². The first-order valence-corrected chi connectivity index (χ1v) is 14.0. The van der Waals surface area contributed by atoms with Crippen LogP contribution in [0.15, 0.2) is 41.5 Å². The third-order valence-corrected chi connectivity index (χ3v) is 6.45. The van der Waals surface area contributed by atoms with E-state index in [1.807, 2.05) is 0 Å². The molecule has 39 heavy (non-hydrogen) atoms. The van der Waals surface area contributed by atoms with E-state index in [9.17, 15) is 14.4 Å². The minimum atomic E-state index is -0.663. The number of carbonyl (C=O) groups is 3. The van der Waals surface area contributed by atoms with E-state index in [4.69, 9.17) is 32.7 Å². The summed E-state index contributed by atoms with van der Waals surface area (Å²) in [4.78, 5) is 36.4. The summed E-state index contributed by atoms with van der Waals surface area (Å²) in [6.07, 6.45) is 12.4. The van der Waals surface area contributed by atoms with Crippen LogP contribution in [0.1, 0.15) is 87.1 Å². The fourth-order valence-corrected chi connectivity index (χ4v) is 4.23. The molecule has 0 radical (unpaired) electrons. The fraction of sp³-hybridized carbons (Fsp3) is 0.448. The highest BCUT2D eigenvalue weighted by atomic mass is 35.5. The Hall–Kier alpha value is -3.10. The van der Waals surface area contributed by atoms with Crippen LogP contribution >= 0.6 is 23.2 Å². The Morgan fingerprint density at radius 3 is 2.23 bits per heavy atom.